The Morgan fingerprint density at radius 3 is 2.68 bits per heavy atom. The molecule has 0 spiro atoms. The summed E-state index contributed by atoms with van der Waals surface area (Å²) >= 11 is 0. The van der Waals surface area contributed by atoms with Crippen molar-refractivity contribution in [2.45, 2.75) is 19.4 Å². The number of halogens is 1. The average Bonchev–Trinajstić information content (AvgIpc) is 2.57. The van der Waals surface area contributed by atoms with Gasteiger partial charge < -0.3 is 14.0 Å². The van der Waals surface area contributed by atoms with Gasteiger partial charge in [-0.2, -0.15) is 0 Å². The highest BCUT2D eigenvalue weighted by atomic mass is 19.1. The number of benzene rings is 2. The lowest BCUT2D eigenvalue weighted by atomic mass is 9.87. The lowest BCUT2D eigenvalue weighted by Crippen LogP contribution is -2.37. The second-order valence-electron chi connectivity index (χ2n) is 6.72. The topological polar surface area (TPSA) is 40.5 Å². The van der Waals surface area contributed by atoms with E-state index < -0.39 is 11.4 Å². The maximum Gasteiger partial charge on any atom is 0.197 e. The minimum atomic E-state index is -0.843. The van der Waals surface area contributed by atoms with E-state index in [9.17, 15) is 9.18 Å². The van der Waals surface area contributed by atoms with Crippen molar-refractivity contribution in [1.82, 2.24) is 4.57 Å². The van der Waals surface area contributed by atoms with Crippen LogP contribution >= 0.6 is 0 Å². The van der Waals surface area contributed by atoms with Crippen molar-refractivity contribution in [3.63, 3.8) is 0 Å². The molecule has 0 unspecified atom stereocenters. The van der Waals surface area contributed by atoms with Gasteiger partial charge in [0.2, 0.25) is 0 Å². The number of hydrogen-bond acceptors (Lipinski definition) is 3. The molecule has 0 aliphatic carbocycles. The van der Waals surface area contributed by atoms with Gasteiger partial charge in [-0.05, 0) is 38.1 Å². The van der Waals surface area contributed by atoms with Gasteiger partial charge in [0.15, 0.2) is 5.43 Å². The number of hydrogen-bond donors (Lipinski definition) is 0. The lowest BCUT2D eigenvalue weighted by Gasteiger charge is -2.35. The van der Waals surface area contributed by atoms with E-state index in [0.29, 0.717) is 33.7 Å². The molecule has 0 saturated heterocycles. The summed E-state index contributed by atoms with van der Waals surface area (Å²) in [5.41, 5.74) is 1.21. The van der Waals surface area contributed by atoms with Crippen LogP contribution < -0.4 is 14.9 Å². The maximum atomic E-state index is 14.5. The van der Waals surface area contributed by atoms with Crippen LogP contribution in [0, 0.1) is 5.82 Å². The number of ether oxygens (including phenoxy) is 2. The molecule has 2 heterocycles. The third kappa shape index (κ3) is 2.08. The van der Waals surface area contributed by atoms with Gasteiger partial charge in [-0.1, -0.05) is 6.07 Å². The summed E-state index contributed by atoms with van der Waals surface area (Å²) in [6.07, 6.45) is 0. The molecular formula is C20H18FNO3. The van der Waals surface area contributed by atoms with Crippen LogP contribution in [0.3, 0.4) is 0 Å². The highest BCUT2D eigenvalue weighted by molar-refractivity contribution is 5.87. The summed E-state index contributed by atoms with van der Waals surface area (Å²) in [4.78, 5) is 13.1. The SMILES string of the molecule is COc1ccc2c(c1)OC(C)(C)c1c-2n(C)c2c(F)cccc2c1=O. The van der Waals surface area contributed by atoms with Crippen molar-refractivity contribution in [2.24, 2.45) is 7.05 Å². The van der Waals surface area contributed by atoms with Crippen LogP contribution in [0.25, 0.3) is 22.2 Å². The Labute approximate surface area is 144 Å². The van der Waals surface area contributed by atoms with E-state index in [-0.39, 0.29) is 5.43 Å². The second kappa shape index (κ2) is 5.09. The van der Waals surface area contributed by atoms with E-state index >= 15 is 0 Å². The third-order valence-electron chi connectivity index (χ3n) is 4.78. The van der Waals surface area contributed by atoms with Gasteiger partial charge in [0.1, 0.15) is 22.9 Å². The summed E-state index contributed by atoms with van der Waals surface area (Å²) in [5.74, 6) is 0.858. The molecular weight excluding hydrogens is 321 g/mol. The Morgan fingerprint density at radius 2 is 1.96 bits per heavy atom. The highest BCUT2D eigenvalue weighted by Crippen LogP contribution is 2.45. The standard InChI is InChI=1S/C20H18FNO3/c1-20(2)16-18(12-9-8-11(24-4)10-15(12)25-20)22(3)17-13(19(16)23)6-5-7-14(17)21/h5-10H,1-4H3. The van der Waals surface area contributed by atoms with Gasteiger partial charge in [-0.3, -0.25) is 4.79 Å². The summed E-state index contributed by atoms with van der Waals surface area (Å²) in [7, 11) is 3.36. The van der Waals surface area contributed by atoms with Gasteiger partial charge in [-0.15, -0.1) is 0 Å². The van der Waals surface area contributed by atoms with Crippen molar-refractivity contribution in [1.29, 1.82) is 0 Å². The second-order valence-corrected chi connectivity index (χ2v) is 6.72. The van der Waals surface area contributed by atoms with E-state index in [1.165, 1.54) is 6.07 Å². The van der Waals surface area contributed by atoms with Crippen LogP contribution in [0.1, 0.15) is 19.4 Å². The average molecular weight is 339 g/mol. The fourth-order valence-electron chi connectivity index (χ4n) is 3.67. The first-order valence-electron chi connectivity index (χ1n) is 8.04. The van der Waals surface area contributed by atoms with E-state index in [2.05, 4.69) is 0 Å². The molecule has 0 atom stereocenters. The highest BCUT2D eigenvalue weighted by Gasteiger charge is 2.37. The molecule has 5 heteroatoms. The van der Waals surface area contributed by atoms with Crippen LogP contribution in [0.15, 0.2) is 41.2 Å². The zero-order valence-electron chi connectivity index (χ0n) is 14.5. The molecule has 0 bridgehead atoms. The Kier molecular flexibility index (Phi) is 3.19. The zero-order valence-corrected chi connectivity index (χ0v) is 14.5. The van der Waals surface area contributed by atoms with Crippen LogP contribution in [0.5, 0.6) is 11.5 Å². The number of nitrogens with zero attached hydrogens (tertiary/aromatic N) is 1. The third-order valence-corrected chi connectivity index (χ3v) is 4.78. The number of para-hydroxylation sites is 1. The zero-order chi connectivity index (χ0) is 17.9. The molecule has 128 valence electrons. The van der Waals surface area contributed by atoms with Gasteiger partial charge in [-0.25, -0.2) is 4.39 Å². The molecule has 1 aliphatic rings. The maximum absolute atomic E-state index is 14.5. The number of aromatic nitrogens is 1. The molecule has 0 N–H and O–H groups in total. The van der Waals surface area contributed by atoms with Crippen molar-refractivity contribution < 1.29 is 13.9 Å². The largest absolute Gasteiger partial charge is 0.497 e. The number of rotatable bonds is 1. The van der Waals surface area contributed by atoms with E-state index in [4.69, 9.17) is 9.47 Å². The first-order chi connectivity index (χ1) is 11.8. The summed E-state index contributed by atoms with van der Waals surface area (Å²) in [5, 5.41) is 0.356. The van der Waals surface area contributed by atoms with E-state index in [0.717, 1.165) is 5.56 Å². The molecule has 25 heavy (non-hydrogen) atoms. The predicted octanol–water partition coefficient (Wildman–Crippen LogP) is 3.98. The van der Waals surface area contributed by atoms with Crippen molar-refractivity contribution in [3.8, 4) is 22.8 Å². The molecule has 0 fully saturated rings. The summed E-state index contributed by atoms with van der Waals surface area (Å²) < 4.78 is 27.6. The van der Waals surface area contributed by atoms with Gasteiger partial charge in [0.25, 0.3) is 0 Å². The monoisotopic (exact) mass is 339 g/mol. The normalized spacial score (nSPS) is 14.6. The molecule has 0 saturated carbocycles. The summed E-state index contributed by atoms with van der Waals surface area (Å²) in [6, 6.07) is 10.0. The van der Waals surface area contributed by atoms with E-state index in [1.807, 2.05) is 19.9 Å². The molecule has 4 rings (SSSR count). The van der Waals surface area contributed by atoms with Crippen LogP contribution in [-0.2, 0) is 12.6 Å². The molecule has 0 radical (unpaired) electrons. The van der Waals surface area contributed by atoms with Gasteiger partial charge in [0, 0.05) is 24.1 Å². The number of methoxy groups -OCH3 is 1. The van der Waals surface area contributed by atoms with Crippen LogP contribution in [0.4, 0.5) is 4.39 Å². The minimum absolute atomic E-state index is 0.200. The Balaban J connectivity index is 2.21. The summed E-state index contributed by atoms with van der Waals surface area (Å²) in [6.45, 7) is 3.70. The Hall–Kier alpha value is -2.82. The smallest absolute Gasteiger partial charge is 0.197 e. The lowest BCUT2D eigenvalue weighted by molar-refractivity contribution is 0.103. The fraction of sp³-hybridized carbons (Fsp3) is 0.250. The quantitative estimate of drug-likeness (QED) is 0.673. The van der Waals surface area contributed by atoms with Crippen molar-refractivity contribution >= 4 is 10.9 Å². The fourth-order valence-corrected chi connectivity index (χ4v) is 3.67. The Bertz CT molecular complexity index is 1080. The predicted molar refractivity (Wildman–Crippen MR) is 94.8 cm³/mol. The molecule has 4 nitrogen and oxygen atoms in total. The Morgan fingerprint density at radius 1 is 1.20 bits per heavy atom. The van der Waals surface area contributed by atoms with Crippen LogP contribution in [0.2, 0.25) is 0 Å². The van der Waals surface area contributed by atoms with Crippen molar-refractivity contribution in [2.75, 3.05) is 7.11 Å². The first-order valence-corrected chi connectivity index (χ1v) is 8.04. The van der Waals surface area contributed by atoms with Gasteiger partial charge in [0.05, 0.1) is 23.9 Å². The van der Waals surface area contributed by atoms with Crippen LogP contribution in [-0.4, -0.2) is 11.7 Å². The number of fused-ring (bicyclic) bond motifs is 4. The number of pyridine rings is 1. The minimum Gasteiger partial charge on any atom is -0.497 e. The number of aryl methyl sites for hydroxylation is 1. The molecule has 0 amide bonds. The first kappa shape index (κ1) is 15.7. The molecule has 2 aromatic carbocycles. The molecule has 1 aliphatic heterocycles. The molecule has 3 aromatic rings. The van der Waals surface area contributed by atoms with E-state index in [1.54, 1.807) is 43.0 Å². The molecule has 1 aromatic heterocycles. The van der Waals surface area contributed by atoms with Gasteiger partial charge >= 0.3 is 0 Å². The van der Waals surface area contributed by atoms with Crippen molar-refractivity contribution in [3.05, 3.63) is 58.0 Å².